The summed E-state index contributed by atoms with van der Waals surface area (Å²) in [4.78, 5) is 29.8. The third kappa shape index (κ3) is 8.06. The van der Waals surface area contributed by atoms with Crippen LogP contribution in [0.5, 0.6) is 0 Å². The summed E-state index contributed by atoms with van der Waals surface area (Å²) >= 11 is 0. The maximum absolute atomic E-state index is 10.0. The first kappa shape index (κ1) is 41.6. The van der Waals surface area contributed by atoms with Crippen molar-refractivity contribution in [2.45, 2.75) is 13.8 Å². The number of nitrogens with zero attached hydrogens (tertiary/aromatic N) is 4. The molecular weight excluding hydrogens is 965 g/mol. The first-order chi connectivity index (χ1) is 30.9. The molecule has 6 nitrogen and oxygen atoms in total. The zero-order valence-electron chi connectivity index (χ0n) is 34.9. The molecule has 0 saturated heterocycles. The van der Waals surface area contributed by atoms with Crippen molar-refractivity contribution < 1.29 is 30.0 Å². The summed E-state index contributed by atoms with van der Waals surface area (Å²) in [7, 11) is 0. The van der Waals surface area contributed by atoms with Gasteiger partial charge in [-0.15, -0.1) is 59.3 Å². The van der Waals surface area contributed by atoms with Gasteiger partial charge in [-0.1, -0.05) is 143 Å². The van der Waals surface area contributed by atoms with Gasteiger partial charge in [0.1, 0.15) is 0 Å². The third-order valence-corrected chi connectivity index (χ3v) is 11.2. The quantitative estimate of drug-likeness (QED) is 0.0821. The molecule has 0 aliphatic heterocycles. The summed E-state index contributed by atoms with van der Waals surface area (Å²) in [6.45, 7) is 2.85. The van der Waals surface area contributed by atoms with Gasteiger partial charge in [-0.3, -0.25) is 14.8 Å². The van der Waals surface area contributed by atoms with E-state index in [0.717, 1.165) is 66.1 Å². The van der Waals surface area contributed by atoms with Crippen molar-refractivity contribution in [2.75, 3.05) is 0 Å². The monoisotopic (exact) mass is 1000 g/mol. The third-order valence-electron chi connectivity index (χ3n) is 11.2. The van der Waals surface area contributed by atoms with E-state index in [1.807, 2.05) is 36.7 Å². The zero-order chi connectivity index (χ0) is 42.9. The molecule has 0 saturated carbocycles. The number of rotatable bonds is 3. The van der Waals surface area contributed by atoms with Crippen molar-refractivity contribution >= 4 is 92.5 Å². The maximum Gasteiger partial charge on any atom is 0.155 e. The van der Waals surface area contributed by atoms with E-state index >= 15 is 0 Å². The Morgan fingerprint density at radius 1 is 0.469 bits per heavy atom. The SMILES string of the molecule is CC(=O)/C=C(/C)O.[Ir].[c-]1cccc2c1c1ncc(-c3ccc4ccccc4c3)nc1c1ccccc21.[c-]1cccc2c1c1ncc(-c3ccc4ccccc4c3)nc1c1ccccc21. The number of allylic oxidation sites excluding steroid dienone is 2. The number of carbonyl (C=O) groups excluding carboxylic acids is 1. The fourth-order valence-electron chi connectivity index (χ4n) is 8.35. The Hall–Kier alpha value is -7.70. The molecule has 2 aromatic heterocycles. The molecule has 0 bridgehead atoms. The first-order valence-corrected chi connectivity index (χ1v) is 20.7. The zero-order valence-corrected chi connectivity index (χ0v) is 37.3. The smallest absolute Gasteiger partial charge is 0.155 e. The number of hydrogen-bond acceptors (Lipinski definition) is 6. The maximum atomic E-state index is 10.0. The molecule has 0 aliphatic carbocycles. The van der Waals surface area contributed by atoms with Crippen LogP contribution in [0.4, 0.5) is 0 Å². The van der Waals surface area contributed by atoms with Gasteiger partial charge in [0.25, 0.3) is 0 Å². The van der Waals surface area contributed by atoms with Crippen molar-refractivity contribution in [3.05, 3.63) is 206 Å². The minimum atomic E-state index is -0.125. The van der Waals surface area contributed by atoms with E-state index in [-0.39, 0.29) is 31.6 Å². The molecule has 12 aromatic rings. The van der Waals surface area contributed by atoms with E-state index in [1.165, 1.54) is 63.0 Å². The molecule has 309 valence electrons. The molecule has 0 amide bonds. The molecule has 10 aromatic carbocycles. The Balaban J connectivity index is 0.000000140. The molecule has 0 atom stereocenters. The topological polar surface area (TPSA) is 88.9 Å². The van der Waals surface area contributed by atoms with Crippen LogP contribution in [-0.2, 0) is 24.9 Å². The second kappa shape index (κ2) is 18.0. The number of carbonyl (C=O) groups is 1. The van der Waals surface area contributed by atoms with E-state index in [4.69, 9.17) is 25.0 Å². The standard InChI is InChI=1S/2C26H15N2.C5H8O2.Ir/c2*1-2-8-18-15-19(14-13-17(18)7-1)24-16-27-25-22-11-5-3-9-20(22)21-10-4-6-12-23(21)26(25)28-24;1-4(6)3-5(2)7;/h2*1-10,12-16H;3,6H,1-2H3;/q2*-1;;/b;;4-3-;. The van der Waals surface area contributed by atoms with Crippen LogP contribution >= 0.6 is 0 Å². The Kier molecular flexibility index (Phi) is 11.7. The summed E-state index contributed by atoms with van der Waals surface area (Å²) in [5, 5.41) is 22.2. The van der Waals surface area contributed by atoms with E-state index in [1.54, 1.807) is 0 Å². The van der Waals surface area contributed by atoms with Crippen molar-refractivity contribution in [2.24, 2.45) is 0 Å². The Bertz CT molecular complexity index is 3460. The molecular formula is C57H38IrN4O2-2. The molecule has 12 rings (SSSR count). The van der Waals surface area contributed by atoms with Gasteiger partial charge in [0.2, 0.25) is 0 Å². The van der Waals surface area contributed by atoms with Crippen molar-refractivity contribution in [1.29, 1.82) is 0 Å². The number of fused-ring (bicyclic) bond motifs is 14. The average molecular weight is 1000 g/mol. The van der Waals surface area contributed by atoms with Crippen molar-refractivity contribution in [1.82, 2.24) is 19.9 Å². The predicted octanol–water partition coefficient (Wildman–Crippen LogP) is 14.1. The molecule has 0 aliphatic rings. The summed E-state index contributed by atoms with van der Waals surface area (Å²) in [6, 6.07) is 65.4. The van der Waals surface area contributed by atoms with Gasteiger partial charge in [-0.25, -0.2) is 0 Å². The van der Waals surface area contributed by atoms with Crippen LogP contribution < -0.4 is 0 Å². The van der Waals surface area contributed by atoms with Gasteiger partial charge < -0.3 is 15.1 Å². The molecule has 1 radical (unpaired) electrons. The van der Waals surface area contributed by atoms with Crippen LogP contribution in [0.15, 0.2) is 194 Å². The summed E-state index contributed by atoms with van der Waals surface area (Å²) in [5.41, 5.74) is 7.59. The number of aliphatic hydroxyl groups excluding tert-OH is 1. The average Bonchev–Trinajstić information content (AvgIpc) is 3.33. The second-order valence-electron chi connectivity index (χ2n) is 15.4. The van der Waals surface area contributed by atoms with Crippen LogP contribution in [-0.4, -0.2) is 30.8 Å². The van der Waals surface area contributed by atoms with Crippen LogP contribution in [0.2, 0.25) is 0 Å². The van der Waals surface area contributed by atoms with E-state index < -0.39 is 0 Å². The summed E-state index contributed by atoms with van der Waals surface area (Å²) < 4.78 is 0. The molecule has 1 N–H and O–H groups in total. The Morgan fingerprint density at radius 2 is 0.859 bits per heavy atom. The molecule has 7 heteroatoms. The second-order valence-corrected chi connectivity index (χ2v) is 15.4. The number of ketones is 1. The van der Waals surface area contributed by atoms with Crippen LogP contribution in [0.3, 0.4) is 0 Å². The number of aliphatic hydroxyl groups is 1. The minimum Gasteiger partial charge on any atom is -0.512 e. The van der Waals surface area contributed by atoms with Gasteiger partial charge in [0.15, 0.2) is 5.78 Å². The Labute approximate surface area is 383 Å². The van der Waals surface area contributed by atoms with Gasteiger partial charge in [0.05, 0.1) is 28.2 Å². The minimum absolute atomic E-state index is 0. The van der Waals surface area contributed by atoms with Gasteiger partial charge in [-0.2, -0.15) is 0 Å². The Morgan fingerprint density at radius 3 is 1.27 bits per heavy atom. The fourth-order valence-corrected chi connectivity index (χ4v) is 8.35. The van der Waals surface area contributed by atoms with Gasteiger partial charge >= 0.3 is 0 Å². The van der Waals surface area contributed by atoms with Crippen molar-refractivity contribution in [3.8, 4) is 22.5 Å². The molecule has 0 fully saturated rings. The molecule has 0 unspecified atom stereocenters. The number of hydrogen-bond donors (Lipinski definition) is 1. The largest absolute Gasteiger partial charge is 0.512 e. The van der Waals surface area contributed by atoms with Gasteiger partial charge in [0, 0.05) is 60.7 Å². The predicted molar refractivity (Wildman–Crippen MR) is 260 cm³/mol. The number of aromatic nitrogens is 4. The van der Waals surface area contributed by atoms with Crippen molar-refractivity contribution in [3.63, 3.8) is 0 Å². The van der Waals surface area contributed by atoms with Crippen LogP contribution in [0, 0.1) is 12.1 Å². The van der Waals surface area contributed by atoms with Crippen LogP contribution in [0.25, 0.3) is 109 Å². The van der Waals surface area contributed by atoms with E-state index in [0.29, 0.717) is 0 Å². The van der Waals surface area contributed by atoms with Gasteiger partial charge in [-0.05, 0) is 58.3 Å². The molecule has 2 heterocycles. The normalized spacial score (nSPS) is 11.4. The molecule has 64 heavy (non-hydrogen) atoms. The summed E-state index contributed by atoms with van der Waals surface area (Å²) in [5.74, 6) is -0.0625. The van der Waals surface area contributed by atoms with E-state index in [9.17, 15) is 4.79 Å². The van der Waals surface area contributed by atoms with E-state index in [2.05, 4.69) is 158 Å². The fraction of sp³-hybridized carbons (Fsp3) is 0.0351. The first-order valence-electron chi connectivity index (χ1n) is 20.7. The molecule has 0 spiro atoms. The number of benzene rings is 10. The summed E-state index contributed by atoms with van der Waals surface area (Å²) in [6.07, 6.45) is 4.92. The van der Waals surface area contributed by atoms with Crippen LogP contribution in [0.1, 0.15) is 13.8 Å².